The first-order chi connectivity index (χ1) is 24.9. The number of imide groups is 1. The summed E-state index contributed by atoms with van der Waals surface area (Å²) < 4.78 is 5.51. The fourth-order valence-electron chi connectivity index (χ4n) is 8.54. The first-order valence-corrected chi connectivity index (χ1v) is 17.9. The van der Waals surface area contributed by atoms with Crippen molar-refractivity contribution in [2.75, 3.05) is 43.1 Å². The summed E-state index contributed by atoms with van der Waals surface area (Å²) in [5.74, 6) is -1.19. The van der Waals surface area contributed by atoms with E-state index in [1.165, 1.54) is 11.1 Å². The molecule has 3 heterocycles. The van der Waals surface area contributed by atoms with Crippen molar-refractivity contribution in [1.29, 1.82) is 0 Å². The lowest BCUT2D eigenvalue weighted by Gasteiger charge is -2.51. The lowest BCUT2D eigenvalue weighted by molar-refractivity contribution is -0.151. The molecule has 2 aliphatic heterocycles. The predicted molar refractivity (Wildman–Crippen MR) is 192 cm³/mol. The summed E-state index contributed by atoms with van der Waals surface area (Å²) in [5.41, 5.74) is 4.40. The monoisotopic (exact) mass is 683 g/mol. The second-order valence-corrected chi connectivity index (χ2v) is 14.2. The highest BCUT2D eigenvalue weighted by molar-refractivity contribution is 6.22. The van der Waals surface area contributed by atoms with Gasteiger partial charge in [-0.25, -0.2) is 0 Å². The average molecular weight is 684 g/mol. The molecular formula is C41H41N5O5. The lowest BCUT2D eigenvalue weighted by Crippen LogP contribution is -2.63. The van der Waals surface area contributed by atoms with Gasteiger partial charge in [0.15, 0.2) is 0 Å². The van der Waals surface area contributed by atoms with Crippen molar-refractivity contribution in [3.05, 3.63) is 125 Å². The Morgan fingerprint density at radius 2 is 1.51 bits per heavy atom. The number of aromatic nitrogens is 1. The Morgan fingerprint density at radius 1 is 0.843 bits per heavy atom. The number of hydrogen-bond donors (Lipinski definition) is 1. The molecule has 260 valence electrons. The minimum absolute atomic E-state index is 0.104. The second-order valence-electron chi connectivity index (χ2n) is 14.2. The van der Waals surface area contributed by atoms with Gasteiger partial charge in [0.2, 0.25) is 11.8 Å². The van der Waals surface area contributed by atoms with Gasteiger partial charge < -0.3 is 19.9 Å². The highest BCUT2D eigenvalue weighted by Crippen LogP contribution is 2.47. The standard InChI is InChI=1S/C41H41N5O5/c47-37(27-45-38(48)35-9-3-4-10-36(35)39(45)49)46(26-28-6-5-17-42-25-28)41(16-15-31-22-29-7-1-2-8-30(29)23-32(31)24-41)40(50)43-33-11-13-34(14-12-33)44-18-20-51-21-19-44/h1-14,17,25,31-32H,15-16,18-24,26-27H2,(H,43,50)/t31-,32+,41?/m1/s1. The number of nitrogens with zero attached hydrogens (tertiary/aromatic N) is 4. The highest BCUT2D eigenvalue weighted by atomic mass is 16.5. The van der Waals surface area contributed by atoms with E-state index >= 15 is 0 Å². The van der Waals surface area contributed by atoms with Gasteiger partial charge in [-0.1, -0.05) is 42.5 Å². The van der Waals surface area contributed by atoms with Crippen molar-refractivity contribution in [2.45, 2.75) is 44.2 Å². The molecule has 0 spiro atoms. The largest absolute Gasteiger partial charge is 0.378 e. The van der Waals surface area contributed by atoms with Crippen LogP contribution in [-0.2, 0) is 33.7 Å². The van der Waals surface area contributed by atoms with E-state index in [0.29, 0.717) is 37.7 Å². The Labute approximate surface area is 297 Å². The third kappa shape index (κ3) is 6.29. The molecule has 1 saturated carbocycles. The molecule has 51 heavy (non-hydrogen) atoms. The number of anilines is 2. The zero-order valence-corrected chi connectivity index (χ0v) is 28.5. The number of ether oxygens (including phenoxy) is 1. The van der Waals surface area contributed by atoms with Crippen molar-refractivity contribution in [2.24, 2.45) is 11.8 Å². The molecule has 1 unspecified atom stereocenters. The van der Waals surface area contributed by atoms with Crippen LogP contribution >= 0.6 is 0 Å². The Hall–Kier alpha value is -5.35. The summed E-state index contributed by atoms with van der Waals surface area (Å²) in [6.45, 7) is 2.60. The van der Waals surface area contributed by atoms with Gasteiger partial charge in [0.1, 0.15) is 12.1 Å². The minimum Gasteiger partial charge on any atom is -0.378 e. The zero-order chi connectivity index (χ0) is 35.0. The van der Waals surface area contributed by atoms with Crippen LogP contribution in [0.2, 0.25) is 0 Å². The SMILES string of the molecule is O=C1c2ccccc2C(=O)N1CC(=O)N(Cc1cccnc1)C1(C(=O)Nc2ccc(N3CCOCC3)cc2)CC[C@@H]2Cc3ccccc3C[C@H]2C1. The van der Waals surface area contributed by atoms with E-state index in [1.54, 1.807) is 47.6 Å². The van der Waals surface area contributed by atoms with Crippen molar-refractivity contribution in [1.82, 2.24) is 14.8 Å². The first kappa shape index (κ1) is 32.8. The van der Waals surface area contributed by atoms with Crippen molar-refractivity contribution >= 4 is 35.0 Å². The minimum atomic E-state index is -1.25. The molecule has 4 aromatic rings. The zero-order valence-electron chi connectivity index (χ0n) is 28.5. The van der Waals surface area contributed by atoms with E-state index < -0.39 is 29.8 Å². The molecule has 3 aromatic carbocycles. The van der Waals surface area contributed by atoms with Gasteiger partial charge in [0, 0.05) is 43.4 Å². The molecule has 0 bridgehead atoms. The molecule has 10 nitrogen and oxygen atoms in total. The van der Waals surface area contributed by atoms with Crippen LogP contribution in [0, 0.1) is 11.8 Å². The van der Waals surface area contributed by atoms with Crippen molar-refractivity contribution in [3.8, 4) is 0 Å². The summed E-state index contributed by atoms with van der Waals surface area (Å²) in [6.07, 6.45) is 6.78. The topological polar surface area (TPSA) is 112 Å². The van der Waals surface area contributed by atoms with Gasteiger partial charge in [-0.15, -0.1) is 0 Å². The number of carbonyl (C=O) groups is 4. The molecule has 1 saturated heterocycles. The van der Waals surface area contributed by atoms with E-state index in [1.807, 2.05) is 30.3 Å². The number of pyridine rings is 1. The van der Waals surface area contributed by atoms with E-state index in [0.717, 1.165) is 48.5 Å². The molecule has 10 heteroatoms. The fourth-order valence-corrected chi connectivity index (χ4v) is 8.54. The quantitative estimate of drug-likeness (QED) is 0.256. The third-order valence-corrected chi connectivity index (χ3v) is 11.3. The maximum absolute atomic E-state index is 15.0. The molecular weight excluding hydrogens is 642 g/mol. The number of amides is 4. The van der Waals surface area contributed by atoms with E-state index in [2.05, 4.69) is 39.5 Å². The number of carbonyl (C=O) groups excluding carboxylic acids is 4. The van der Waals surface area contributed by atoms with Crippen LogP contribution in [0.3, 0.4) is 0 Å². The van der Waals surface area contributed by atoms with Crippen LogP contribution in [0.15, 0.2) is 97.3 Å². The lowest BCUT2D eigenvalue weighted by atomic mass is 9.62. The normalized spacial score (nSPS) is 22.5. The molecule has 8 rings (SSSR count). The molecule has 1 N–H and O–H groups in total. The number of morpholine rings is 1. The van der Waals surface area contributed by atoms with Crippen molar-refractivity contribution < 1.29 is 23.9 Å². The molecule has 2 fully saturated rings. The number of hydrogen-bond acceptors (Lipinski definition) is 7. The number of rotatable bonds is 8. The fraction of sp³-hybridized carbons (Fsp3) is 0.341. The van der Waals surface area contributed by atoms with Crippen LogP contribution in [0.4, 0.5) is 11.4 Å². The van der Waals surface area contributed by atoms with Gasteiger partial charge >= 0.3 is 0 Å². The van der Waals surface area contributed by atoms with Crippen LogP contribution in [-0.4, -0.2) is 76.8 Å². The number of fused-ring (bicyclic) bond motifs is 3. The summed E-state index contributed by atoms with van der Waals surface area (Å²) in [4.78, 5) is 65.8. The van der Waals surface area contributed by atoms with E-state index in [9.17, 15) is 19.2 Å². The molecule has 4 aliphatic rings. The summed E-state index contributed by atoms with van der Waals surface area (Å²) in [5, 5.41) is 3.20. The molecule has 1 aromatic heterocycles. The van der Waals surface area contributed by atoms with Crippen LogP contribution in [0.1, 0.15) is 56.7 Å². The summed E-state index contributed by atoms with van der Waals surface area (Å²) in [6, 6.07) is 26.6. The Balaban J connectivity index is 1.14. The van der Waals surface area contributed by atoms with Crippen LogP contribution < -0.4 is 10.2 Å². The maximum Gasteiger partial charge on any atom is 0.262 e. The smallest absolute Gasteiger partial charge is 0.262 e. The van der Waals surface area contributed by atoms with Crippen LogP contribution in [0.25, 0.3) is 0 Å². The summed E-state index contributed by atoms with van der Waals surface area (Å²) in [7, 11) is 0. The summed E-state index contributed by atoms with van der Waals surface area (Å²) >= 11 is 0. The first-order valence-electron chi connectivity index (χ1n) is 17.9. The number of benzene rings is 3. The van der Waals surface area contributed by atoms with E-state index in [-0.39, 0.29) is 29.5 Å². The van der Waals surface area contributed by atoms with Gasteiger partial charge in [0.25, 0.3) is 11.8 Å². The predicted octanol–water partition coefficient (Wildman–Crippen LogP) is 5.14. The van der Waals surface area contributed by atoms with Crippen LogP contribution in [0.5, 0.6) is 0 Å². The molecule has 4 amide bonds. The van der Waals surface area contributed by atoms with Gasteiger partial charge in [-0.05, 0) is 103 Å². The Morgan fingerprint density at radius 3 is 2.18 bits per heavy atom. The third-order valence-electron chi connectivity index (χ3n) is 11.3. The van der Waals surface area contributed by atoms with Gasteiger partial charge in [-0.3, -0.25) is 29.1 Å². The molecule has 2 aliphatic carbocycles. The van der Waals surface area contributed by atoms with Crippen molar-refractivity contribution in [3.63, 3.8) is 0 Å². The molecule has 3 atom stereocenters. The molecule has 0 radical (unpaired) electrons. The average Bonchev–Trinajstić information content (AvgIpc) is 3.41. The second kappa shape index (κ2) is 13.8. The number of nitrogens with one attached hydrogen (secondary N) is 1. The van der Waals surface area contributed by atoms with E-state index in [4.69, 9.17) is 4.74 Å². The van der Waals surface area contributed by atoms with Gasteiger partial charge in [0.05, 0.1) is 24.3 Å². The Kier molecular flexibility index (Phi) is 8.85. The highest BCUT2D eigenvalue weighted by Gasteiger charge is 2.53. The van der Waals surface area contributed by atoms with Gasteiger partial charge in [-0.2, -0.15) is 0 Å². The maximum atomic E-state index is 15.0. The Bertz CT molecular complexity index is 1930.